The summed E-state index contributed by atoms with van der Waals surface area (Å²) in [6, 6.07) is 0. The zero-order chi connectivity index (χ0) is 8.20. The lowest BCUT2D eigenvalue weighted by Crippen LogP contribution is -2.24. The van der Waals surface area contributed by atoms with Gasteiger partial charge in [0.15, 0.2) is 5.17 Å². The third-order valence-electron chi connectivity index (χ3n) is 0.701. The van der Waals surface area contributed by atoms with Crippen molar-refractivity contribution in [1.29, 1.82) is 0 Å². The Labute approximate surface area is 64.7 Å². The van der Waals surface area contributed by atoms with Gasteiger partial charge in [0.05, 0.1) is 5.60 Å². The molecule has 0 unspecified atom stereocenters. The van der Waals surface area contributed by atoms with Gasteiger partial charge in [-0.3, -0.25) is 0 Å². The highest BCUT2D eigenvalue weighted by Crippen LogP contribution is 2.10. The van der Waals surface area contributed by atoms with E-state index in [1.54, 1.807) is 13.8 Å². The Balaban J connectivity index is 3.56. The maximum absolute atomic E-state index is 9.19. The van der Waals surface area contributed by atoms with Crippen LogP contribution >= 0.6 is 11.8 Å². The Morgan fingerprint density at radius 2 is 2.20 bits per heavy atom. The minimum absolute atomic E-state index is 0.294. The van der Waals surface area contributed by atoms with Crippen molar-refractivity contribution < 1.29 is 5.11 Å². The van der Waals surface area contributed by atoms with Crippen LogP contribution in [0.4, 0.5) is 0 Å². The van der Waals surface area contributed by atoms with Crippen LogP contribution in [0.25, 0.3) is 0 Å². The second kappa shape index (κ2) is 3.68. The van der Waals surface area contributed by atoms with Crippen molar-refractivity contribution in [2.24, 2.45) is 16.7 Å². The van der Waals surface area contributed by atoms with Crippen molar-refractivity contribution in [3.05, 3.63) is 0 Å². The molecule has 0 atom stereocenters. The standard InChI is InChI=1S/C5H13N3OS/c1-5(2,9)3-10-4(6)8-7/h9H,3,7H2,1-2H3,(H2,6,8). The van der Waals surface area contributed by atoms with E-state index in [1.165, 1.54) is 11.8 Å². The van der Waals surface area contributed by atoms with Crippen LogP contribution in [0.2, 0.25) is 0 Å². The summed E-state index contributed by atoms with van der Waals surface area (Å²) in [6.45, 7) is 3.40. The smallest absolute Gasteiger partial charge is 0.177 e. The first-order valence-electron chi connectivity index (χ1n) is 2.84. The van der Waals surface area contributed by atoms with Gasteiger partial charge in [-0.1, -0.05) is 11.8 Å². The predicted octanol–water partition coefficient (Wildman–Crippen LogP) is -0.321. The van der Waals surface area contributed by atoms with E-state index in [-0.39, 0.29) is 0 Å². The van der Waals surface area contributed by atoms with Crippen LogP contribution in [-0.2, 0) is 0 Å². The molecule has 5 N–H and O–H groups in total. The molecule has 0 aromatic heterocycles. The maximum Gasteiger partial charge on any atom is 0.177 e. The fourth-order valence-corrected chi connectivity index (χ4v) is 0.863. The number of hydrazone groups is 1. The number of hydrogen-bond acceptors (Lipinski definition) is 4. The van der Waals surface area contributed by atoms with Crippen LogP contribution in [0.1, 0.15) is 13.8 Å². The molecular weight excluding hydrogens is 150 g/mol. The van der Waals surface area contributed by atoms with Gasteiger partial charge in [-0.15, -0.1) is 0 Å². The van der Waals surface area contributed by atoms with E-state index < -0.39 is 5.60 Å². The van der Waals surface area contributed by atoms with Gasteiger partial charge in [-0.25, -0.2) is 0 Å². The maximum atomic E-state index is 9.19. The summed E-state index contributed by atoms with van der Waals surface area (Å²) < 4.78 is 0. The van der Waals surface area contributed by atoms with Gasteiger partial charge >= 0.3 is 0 Å². The lowest BCUT2D eigenvalue weighted by atomic mass is 10.2. The minimum atomic E-state index is -0.722. The number of hydrogen-bond donors (Lipinski definition) is 3. The number of nitrogens with two attached hydrogens (primary N) is 2. The molecule has 0 aliphatic carbocycles. The molecule has 0 saturated heterocycles. The minimum Gasteiger partial charge on any atom is -0.390 e. The van der Waals surface area contributed by atoms with Gasteiger partial charge in [-0.05, 0) is 13.8 Å². The molecule has 0 bridgehead atoms. The Kier molecular flexibility index (Phi) is 3.52. The molecular formula is C5H13N3OS. The number of thioether (sulfide) groups is 1. The number of amidine groups is 1. The van der Waals surface area contributed by atoms with Gasteiger partial charge in [-0.2, -0.15) is 5.10 Å². The highest BCUT2D eigenvalue weighted by atomic mass is 32.2. The zero-order valence-electron chi connectivity index (χ0n) is 6.16. The Morgan fingerprint density at radius 3 is 2.50 bits per heavy atom. The number of rotatable bonds is 2. The van der Waals surface area contributed by atoms with Gasteiger partial charge in [0.25, 0.3) is 0 Å². The van der Waals surface area contributed by atoms with Crippen molar-refractivity contribution >= 4 is 16.9 Å². The van der Waals surface area contributed by atoms with Crippen LogP contribution in [0.3, 0.4) is 0 Å². The first-order chi connectivity index (χ1) is 4.45. The van der Waals surface area contributed by atoms with Crippen molar-refractivity contribution in [2.45, 2.75) is 19.4 Å². The summed E-state index contributed by atoms with van der Waals surface area (Å²) in [5.41, 5.74) is 4.53. The van der Waals surface area contributed by atoms with Crippen LogP contribution in [0.5, 0.6) is 0 Å². The summed E-state index contributed by atoms with van der Waals surface area (Å²) in [4.78, 5) is 0. The highest BCUT2D eigenvalue weighted by molar-refractivity contribution is 8.13. The summed E-state index contributed by atoms with van der Waals surface area (Å²) in [7, 11) is 0. The second-order valence-corrected chi connectivity index (χ2v) is 3.56. The van der Waals surface area contributed by atoms with Gasteiger partial charge in [0.2, 0.25) is 0 Å². The SMILES string of the molecule is CC(C)(O)CSC(N)=NN. The Morgan fingerprint density at radius 1 is 1.70 bits per heavy atom. The summed E-state index contributed by atoms with van der Waals surface area (Å²) in [5.74, 6) is 5.36. The summed E-state index contributed by atoms with van der Waals surface area (Å²) in [6.07, 6.45) is 0. The van der Waals surface area contributed by atoms with E-state index in [2.05, 4.69) is 5.10 Å². The molecule has 0 aromatic carbocycles. The van der Waals surface area contributed by atoms with E-state index in [1.807, 2.05) is 0 Å². The van der Waals surface area contributed by atoms with E-state index in [0.29, 0.717) is 10.9 Å². The van der Waals surface area contributed by atoms with Crippen LogP contribution in [0.15, 0.2) is 5.10 Å². The van der Waals surface area contributed by atoms with E-state index in [9.17, 15) is 5.11 Å². The van der Waals surface area contributed by atoms with Crippen LogP contribution in [0, 0.1) is 0 Å². The molecule has 0 fully saturated rings. The van der Waals surface area contributed by atoms with Crippen molar-refractivity contribution in [3.63, 3.8) is 0 Å². The molecule has 0 aliphatic rings. The first kappa shape index (κ1) is 9.58. The molecule has 0 rings (SSSR count). The summed E-state index contributed by atoms with van der Waals surface area (Å²) >= 11 is 1.24. The van der Waals surface area contributed by atoms with E-state index >= 15 is 0 Å². The van der Waals surface area contributed by atoms with Crippen molar-refractivity contribution in [2.75, 3.05) is 5.75 Å². The third-order valence-corrected chi connectivity index (χ3v) is 1.95. The quantitative estimate of drug-likeness (QED) is 0.225. The van der Waals surface area contributed by atoms with E-state index in [0.717, 1.165) is 0 Å². The zero-order valence-corrected chi connectivity index (χ0v) is 6.98. The van der Waals surface area contributed by atoms with Crippen molar-refractivity contribution in [3.8, 4) is 0 Å². The molecule has 0 heterocycles. The highest BCUT2D eigenvalue weighted by Gasteiger charge is 2.12. The molecule has 0 aliphatic heterocycles. The summed E-state index contributed by atoms with van der Waals surface area (Å²) in [5, 5.41) is 12.7. The van der Waals surface area contributed by atoms with Crippen LogP contribution < -0.4 is 11.6 Å². The molecule has 0 aromatic rings. The Hall–Kier alpha value is -0.420. The average molecular weight is 163 g/mol. The fourth-order valence-electron chi connectivity index (χ4n) is 0.288. The number of nitrogens with zero attached hydrogens (tertiary/aromatic N) is 1. The molecule has 10 heavy (non-hydrogen) atoms. The topological polar surface area (TPSA) is 84.6 Å². The van der Waals surface area contributed by atoms with E-state index in [4.69, 9.17) is 11.6 Å². The molecule has 0 spiro atoms. The lowest BCUT2D eigenvalue weighted by Gasteiger charge is -2.14. The molecule has 60 valence electrons. The molecule has 0 amide bonds. The van der Waals surface area contributed by atoms with Gasteiger partial charge in [0.1, 0.15) is 0 Å². The lowest BCUT2D eigenvalue weighted by molar-refractivity contribution is 0.107. The molecule has 0 saturated carbocycles. The number of aliphatic hydroxyl groups is 1. The third kappa shape index (κ3) is 5.71. The van der Waals surface area contributed by atoms with Gasteiger partial charge < -0.3 is 16.7 Å². The monoisotopic (exact) mass is 163 g/mol. The van der Waals surface area contributed by atoms with Crippen LogP contribution in [-0.4, -0.2) is 21.6 Å². The average Bonchev–Trinajstić information content (AvgIpc) is 1.81. The predicted molar refractivity (Wildman–Crippen MR) is 44.6 cm³/mol. The molecule has 4 nitrogen and oxygen atoms in total. The van der Waals surface area contributed by atoms with Crippen molar-refractivity contribution in [1.82, 2.24) is 0 Å². The first-order valence-corrected chi connectivity index (χ1v) is 3.83. The largest absolute Gasteiger partial charge is 0.390 e. The Bertz CT molecular complexity index is 129. The second-order valence-electron chi connectivity index (χ2n) is 2.57. The fraction of sp³-hybridized carbons (Fsp3) is 0.800. The van der Waals surface area contributed by atoms with Gasteiger partial charge in [0, 0.05) is 5.75 Å². The normalized spacial score (nSPS) is 13.7. The molecule has 5 heteroatoms. The molecule has 0 radical (unpaired) electrons.